The Morgan fingerprint density at radius 3 is 2.41 bits per heavy atom. The number of fused-ring (bicyclic) bond motifs is 1. The summed E-state index contributed by atoms with van der Waals surface area (Å²) in [5.74, 6) is -0.267. The van der Waals surface area contributed by atoms with Gasteiger partial charge in [0.15, 0.2) is 0 Å². The van der Waals surface area contributed by atoms with E-state index in [4.69, 9.17) is 4.74 Å². The third-order valence-electron chi connectivity index (χ3n) is 4.45. The van der Waals surface area contributed by atoms with Gasteiger partial charge in [-0.2, -0.15) is 0 Å². The molecule has 2 aromatic carbocycles. The molecule has 0 bridgehead atoms. The highest BCUT2D eigenvalue weighted by Gasteiger charge is 2.34. The van der Waals surface area contributed by atoms with Crippen molar-refractivity contribution >= 4 is 22.8 Å². The van der Waals surface area contributed by atoms with Crippen molar-refractivity contribution in [1.82, 2.24) is 0 Å². The lowest BCUT2D eigenvalue weighted by Crippen LogP contribution is -2.29. The summed E-state index contributed by atoms with van der Waals surface area (Å²) in [6.45, 7) is 7.62. The first-order valence-electron chi connectivity index (χ1n) is 7.69. The van der Waals surface area contributed by atoms with Crippen molar-refractivity contribution < 1.29 is 9.53 Å². The quantitative estimate of drug-likeness (QED) is 0.576. The van der Waals surface area contributed by atoms with Crippen molar-refractivity contribution in [3.63, 3.8) is 0 Å². The van der Waals surface area contributed by atoms with Gasteiger partial charge >= 0.3 is 5.97 Å². The Balaban J connectivity index is 1.87. The normalized spacial score (nSPS) is 16.4. The van der Waals surface area contributed by atoms with Gasteiger partial charge in [-0.15, -0.1) is 0 Å². The second kappa shape index (κ2) is 5.80. The number of ether oxygens (including phenoxy) is 1. The molecule has 2 aromatic rings. The Morgan fingerprint density at radius 2 is 1.73 bits per heavy atom. The fraction of sp³-hybridized carbons (Fsp3) is 0.250. The summed E-state index contributed by atoms with van der Waals surface area (Å²) in [6, 6.07) is 11.7. The van der Waals surface area contributed by atoms with Gasteiger partial charge in [-0.25, -0.2) is 4.79 Å². The fourth-order valence-corrected chi connectivity index (χ4v) is 3.08. The van der Waals surface area contributed by atoms with Crippen LogP contribution in [0.4, 0.5) is 0 Å². The lowest BCUT2D eigenvalue weighted by molar-refractivity contribution is 0.00672. The van der Waals surface area contributed by atoms with Crippen LogP contribution >= 0.6 is 0 Å². The number of esters is 1. The standard InChI is InChI=1S/C20H20O2/c1-3-15-7-8-17-14-18(10-9-16(17)13-15)19(21)22-20(4-2)11-5-6-12-20/h3-4,7-10,13-14H,1-2,5-6,11-12H2. The van der Waals surface area contributed by atoms with Crippen molar-refractivity contribution in [3.8, 4) is 0 Å². The van der Waals surface area contributed by atoms with Gasteiger partial charge in [0.1, 0.15) is 5.60 Å². The zero-order valence-electron chi connectivity index (χ0n) is 12.7. The number of carbonyl (C=O) groups is 1. The second-order valence-electron chi connectivity index (χ2n) is 5.89. The molecule has 2 nitrogen and oxygen atoms in total. The van der Waals surface area contributed by atoms with Crippen LogP contribution in [-0.2, 0) is 4.74 Å². The summed E-state index contributed by atoms with van der Waals surface area (Å²) < 4.78 is 5.75. The van der Waals surface area contributed by atoms with E-state index in [0.29, 0.717) is 5.56 Å². The molecule has 112 valence electrons. The maximum Gasteiger partial charge on any atom is 0.339 e. The van der Waals surface area contributed by atoms with Crippen molar-refractivity contribution in [3.05, 3.63) is 66.8 Å². The van der Waals surface area contributed by atoms with Crippen LogP contribution in [0.3, 0.4) is 0 Å². The second-order valence-corrected chi connectivity index (χ2v) is 5.89. The Labute approximate surface area is 131 Å². The van der Waals surface area contributed by atoms with Crippen molar-refractivity contribution in [2.75, 3.05) is 0 Å². The van der Waals surface area contributed by atoms with Crippen LogP contribution in [-0.4, -0.2) is 11.6 Å². The number of hydrogen-bond donors (Lipinski definition) is 0. The summed E-state index contributed by atoms with van der Waals surface area (Å²) in [7, 11) is 0. The average molecular weight is 292 g/mol. The summed E-state index contributed by atoms with van der Waals surface area (Å²) in [5.41, 5.74) is 1.19. The molecule has 0 N–H and O–H groups in total. The number of benzene rings is 2. The maximum atomic E-state index is 12.4. The minimum Gasteiger partial charge on any atom is -0.451 e. The van der Waals surface area contributed by atoms with Gasteiger partial charge in [0.05, 0.1) is 5.56 Å². The molecule has 1 aliphatic rings. The highest BCUT2D eigenvalue weighted by molar-refractivity contribution is 5.96. The van der Waals surface area contributed by atoms with Gasteiger partial charge in [-0.05, 0) is 66.3 Å². The Morgan fingerprint density at radius 1 is 1.05 bits per heavy atom. The smallest absolute Gasteiger partial charge is 0.339 e. The van der Waals surface area contributed by atoms with Crippen LogP contribution in [0.1, 0.15) is 41.6 Å². The molecule has 1 fully saturated rings. The van der Waals surface area contributed by atoms with Crippen LogP contribution in [0, 0.1) is 0 Å². The van der Waals surface area contributed by atoms with Crippen LogP contribution in [0.25, 0.3) is 16.8 Å². The van der Waals surface area contributed by atoms with Crippen LogP contribution in [0.2, 0.25) is 0 Å². The lowest BCUT2D eigenvalue weighted by atomic mass is 10.0. The third-order valence-corrected chi connectivity index (χ3v) is 4.45. The Bertz CT molecular complexity index is 736. The first-order valence-corrected chi connectivity index (χ1v) is 7.69. The number of hydrogen-bond acceptors (Lipinski definition) is 2. The summed E-state index contributed by atoms with van der Waals surface area (Å²) in [4.78, 5) is 12.4. The summed E-state index contributed by atoms with van der Waals surface area (Å²) in [5, 5.41) is 2.12. The minimum atomic E-state index is -0.473. The summed E-state index contributed by atoms with van der Waals surface area (Å²) in [6.07, 6.45) is 7.52. The molecule has 0 aliphatic heterocycles. The van der Waals surface area contributed by atoms with Crippen molar-refractivity contribution in [1.29, 1.82) is 0 Å². The average Bonchev–Trinajstić information content (AvgIpc) is 3.02. The third kappa shape index (κ3) is 2.69. The largest absolute Gasteiger partial charge is 0.451 e. The van der Waals surface area contributed by atoms with Gasteiger partial charge in [0.2, 0.25) is 0 Å². The molecular formula is C20H20O2. The van der Waals surface area contributed by atoms with Crippen molar-refractivity contribution in [2.45, 2.75) is 31.3 Å². The molecule has 2 heteroatoms. The molecule has 3 rings (SSSR count). The van der Waals surface area contributed by atoms with Crippen LogP contribution in [0.15, 0.2) is 55.6 Å². The van der Waals surface area contributed by atoms with E-state index in [1.165, 1.54) is 0 Å². The predicted octanol–water partition coefficient (Wildman–Crippen LogP) is 5.14. The molecule has 0 unspecified atom stereocenters. The van der Waals surface area contributed by atoms with E-state index in [2.05, 4.69) is 19.2 Å². The first kappa shape index (κ1) is 14.6. The molecule has 0 aromatic heterocycles. The molecule has 1 saturated carbocycles. The van der Waals surface area contributed by atoms with E-state index in [1.54, 1.807) is 6.08 Å². The molecule has 0 amide bonds. The van der Waals surface area contributed by atoms with Crippen LogP contribution < -0.4 is 0 Å². The van der Waals surface area contributed by atoms with Gasteiger partial charge in [0.25, 0.3) is 0 Å². The van der Waals surface area contributed by atoms with E-state index >= 15 is 0 Å². The molecule has 1 aliphatic carbocycles. The zero-order valence-corrected chi connectivity index (χ0v) is 12.7. The molecule has 0 atom stereocenters. The first-order chi connectivity index (χ1) is 10.7. The number of rotatable bonds is 4. The Hall–Kier alpha value is -2.35. The SMILES string of the molecule is C=Cc1ccc2cc(C(=O)OC3(C=C)CCCC3)ccc2c1. The molecule has 22 heavy (non-hydrogen) atoms. The Kier molecular flexibility index (Phi) is 3.84. The van der Waals surface area contributed by atoms with Gasteiger partial charge in [-0.1, -0.05) is 37.4 Å². The van der Waals surface area contributed by atoms with Gasteiger partial charge in [-0.3, -0.25) is 0 Å². The van der Waals surface area contributed by atoms with Crippen LogP contribution in [0.5, 0.6) is 0 Å². The highest BCUT2D eigenvalue weighted by atomic mass is 16.6. The monoisotopic (exact) mass is 292 g/mol. The highest BCUT2D eigenvalue weighted by Crippen LogP contribution is 2.35. The lowest BCUT2D eigenvalue weighted by Gasteiger charge is -2.25. The topological polar surface area (TPSA) is 26.3 Å². The minimum absolute atomic E-state index is 0.267. The molecule has 0 radical (unpaired) electrons. The molecule has 0 saturated heterocycles. The van der Waals surface area contributed by atoms with Crippen molar-refractivity contribution in [2.24, 2.45) is 0 Å². The molecule has 0 heterocycles. The van der Waals surface area contributed by atoms with E-state index in [-0.39, 0.29) is 5.97 Å². The van der Waals surface area contributed by atoms with E-state index in [9.17, 15) is 4.79 Å². The molecule has 0 spiro atoms. The van der Waals surface area contributed by atoms with E-state index < -0.39 is 5.60 Å². The summed E-state index contributed by atoms with van der Waals surface area (Å²) >= 11 is 0. The molecular weight excluding hydrogens is 272 g/mol. The van der Waals surface area contributed by atoms with Gasteiger partial charge < -0.3 is 4.74 Å². The zero-order chi connectivity index (χ0) is 15.6. The predicted molar refractivity (Wildman–Crippen MR) is 90.9 cm³/mol. The van der Waals surface area contributed by atoms with Gasteiger partial charge in [0, 0.05) is 0 Å². The van der Waals surface area contributed by atoms with E-state index in [0.717, 1.165) is 42.0 Å². The fourth-order valence-electron chi connectivity index (χ4n) is 3.08. The van der Waals surface area contributed by atoms with E-state index in [1.807, 2.05) is 36.4 Å². The number of carbonyl (C=O) groups excluding carboxylic acids is 1. The maximum absolute atomic E-state index is 12.4.